The predicted molar refractivity (Wildman–Crippen MR) is 65.3 cm³/mol. The normalized spacial score (nSPS) is 15.8. The Morgan fingerprint density at radius 1 is 1.35 bits per heavy atom. The van der Waals surface area contributed by atoms with Crippen LogP contribution in [0.25, 0.3) is 0 Å². The second-order valence-corrected chi connectivity index (χ2v) is 4.31. The van der Waals surface area contributed by atoms with E-state index in [9.17, 15) is 0 Å². The average Bonchev–Trinajstić information content (AvgIpc) is 3.16. The Bertz CT molecular complexity index is 447. The quantitative estimate of drug-likeness (QED) is 0.847. The maximum absolute atomic E-state index is 9.00. The third kappa shape index (κ3) is 2.44. The van der Waals surface area contributed by atoms with Crippen molar-refractivity contribution >= 4 is 5.69 Å². The number of nitrogens with zero attached hydrogens (tertiary/aromatic N) is 1. The molecule has 2 rings (SSSR count). The molecule has 0 saturated heterocycles. The zero-order valence-corrected chi connectivity index (χ0v) is 10.1. The van der Waals surface area contributed by atoms with E-state index in [0.29, 0.717) is 6.54 Å². The van der Waals surface area contributed by atoms with Crippen LogP contribution >= 0.6 is 0 Å². The van der Waals surface area contributed by atoms with Crippen molar-refractivity contribution in [2.45, 2.75) is 12.8 Å². The molecular weight excluding hydrogens is 216 g/mol. The molecule has 4 heteroatoms. The van der Waals surface area contributed by atoms with Crippen molar-refractivity contribution < 1.29 is 9.47 Å². The number of methoxy groups -OCH3 is 2. The number of nitriles is 1. The zero-order valence-electron chi connectivity index (χ0n) is 10.1. The maximum Gasteiger partial charge on any atom is 0.145 e. The SMILES string of the molecule is COc1ccc(NCC2(C#N)CC2)c(OC)c1. The molecule has 1 aliphatic rings. The van der Waals surface area contributed by atoms with Gasteiger partial charge in [0.15, 0.2) is 0 Å². The molecule has 1 N–H and O–H groups in total. The molecular formula is C13H16N2O2. The predicted octanol–water partition coefficient (Wildman–Crippen LogP) is 2.42. The number of ether oxygens (including phenoxy) is 2. The second-order valence-electron chi connectivity index (χ2n) is 4.31. The van der Waals surface area contributed by atoms with Crippen LogP contribution in [0, 0.1) is 16.7 Å². The molecule has 0 amide bonds. The molecule has 90 valence electrons. The highest BCUT2D eigenvalue weighted by Gasteiger charge is 2.42. The summed E-state index contributed by atoms with van der Waals surface area (Å²) in [5.41, 5.74) is 0.736. The smallest absolute Gasteiger partial charge is 0.145 e. The summed E-state index contributed by atoms with van der Waals surface area (Å²) in [5.74, 6) is 1.49. The maximum atomic E-state index is 9.00. The molecule has 0 spiro atoms. The van der Waals surface area contributed by atoms with Crippen LogP contribution in [0.1, 0.15) is 12.8 Å². The first-order chi connectivity index (χ1) is 8.23. The van der Waals surface area contributed by atoms with Gasteiger partial charge in [-0.25, -0.2) is 0 Å². The van der Waals surface area contributed by atoms with E-state index in [1.807, 2.05) is 18.2 Å². The lowest BCUT2D eigenvalue weighted by Crippen LogP contribution is -2.13. The molecule has 0 aliphatic heterocycles. The van der Waals surface area contributed by atoms with E-state index in [0.717, 1.165) is 30.0 Å². The summed E-state index contributed by atoms with van der Waals surface area (Å²) in [6.45, 7) is 0.673. The second kappa shape index (κ2) is 4.54. The lowest BCUT2D eigenvalue weighted by Gasteiger charge is -2.14. The molecule has 1 saturated carbocycles. The highest BCUT2D eigenvalue weighted by Crippen LogP contribution is 2.45. The summed E-state index contributed by atoms with van der Waals surface area (Å²) in [4.78, 5) is 0. The summed E-state index contributed by atoms with van der Waals surface area (Å²) in [5, 5.41) is 12.3. The summed E-state index contributed by atoms with van der Waals surface area (Å²) < 4.78 is 10.4. The van der Waals surface area contributed by atoms with E-state index in [1.54, 1.807) is 14.2 Å². The topological polar surface area (TPSA) is 54.3 Å². The van der Waals surface area contributed by atoms with Crippen molar-refractivity contribution in [2.75, 3.05) is 26.1 Å². The molecule has 0 atom stereocenters. The molecule has 1 aromatic rings. The molecule has 1 fully saturated rings. The van der Waals surface area contributed by atoms with Crippen LogP contribution in [0.3, 0.4) is 0 Å². The van der Waals surface area contributed by atoms with Crippen LogP contribution in [0.15, 0.2) is 18.2 Å². The number of anilines is 1. The fraction of sp³-hybridized carbons (Fsp3) is 0.462. The number of hydrogen-bond donors (Lipinski definition) is 1. The van der Waals surface area contributed by atoms with E-state index < -0.39 is 0 Å². The summed E-state index contributed by atoms with van der Waals surface area (Å²) in [6, 6.07) is 7.96. The van der Waals surface area contributed by atoms with E-state index in [2.05, 4.69) is 11.4 Å². The Morgan fingerprint density at radius 3 is 2.65 bits per heavy atom. The minimum absolute atomic E-state index is 0.162. The fourth-order valence-corrected chi connectivity index (χ4v) is 1.69. The average molecular weight is 232 g/mol. The van der Waals surface area contributed by atoms with Gasteiger partial charge in [-0.1, -0.05) is 0 Å². The molecule has 17 heavy (non-hydrogen) atoms. The van der Waals surface area contributed by atoms with Gasteiger partial charge < -0.3 is 14.8 Å². The first-order valence-electron chi connectivity index (χ1n) is 5.60. The Labute approximate surface area is 101 Å². The molecule has 0 unspecified atom stereocenters. The van der Waals surface area contributed by atoms with Crippen molar-refractivity contribution in [3.8, 4) is 17.6 Å². The Balaban J connectivity index is 2.08. The van der Waals surface area contributed by atoms with Gasteiger partial charge in [-0.05, 0) is 25.0 Å². The molecule has 0 bridgehead atoms. The molecule has 1 aromatic carbocycles. The van der Waals surface area contributed by atoms with Crippen LogP contribution in [0.4, 0.5) is 5.69 Å². The molecule has 4 nitrogen and oxygen atoms in total. The first-order valence-corrected chi connectivity index (χ1v) is 5.60. The minimum atomic E-state index is -0.162. The van der Waals surface area contributed by atoms with E-state index >= 15 is 0 Å². The summed E-state index contributed by atoms with van der Waals surface area (Å²) in [7, 11) is 3.24. The van der Waals surface area contributed by atoms with Gasteiger partial charge in [0, 0.05) is 12.6 Å². The summed E-state index contributed by atoms with van der Waals surface area (Å²) >= 11 is 0. The van der Waals surface area contributed by atoms with E-state index in [4.69, 9.17) is 14.7 Å². The third-order valence-corrected chi connectivity index (χ3v) is 3.12. The lowest BCUT2D eigenvalue weighted by atomic mass is 10.1. The monoisotopic (exact) mass is 232 g/mol. The van der Waals surface area contributed by atoms with Gasteiger partial charge in [-0.3, -0.25) is 0 Å². The largest absolute Gasteiger partial charge is 0.497 e. The van der Waals surface area contributed by atoms with Crippen molar-refractivity contribution in [1.82, 2.24) is 0 Å². The number of hydrogen-bond acceptors (Lipinski definition) is 4. The summed E-state index contributed by atoms with van der Waals surface area (Å²) in [6.07, 6.45) is 1.96. The lowest BCUT2D eigenvalue weighted by molar-refractivity contribution is 0.395. The molecule has 0 radical (unpaired) electrons. The van der Waals surface area contributed by atoms with Crippen molar-refractivity contribution in [3.05, 3.63) is 18.2 Å². The van der Waals surface area contributed by atoms with Gasteiger partial charge in [0.25, 0.3) is 0 Å². The van der Waals surface area contributed by atoms with Crippen molar-refractivity contribution in [2.24, 2.45) is 5.41 Å². The molecule has 1 aliphatic carbocycles. The minimum Gasteiger partial charge on any atom is -0.497 e. The Morgan fingerprint density at radius 2 is 2.12 bits per heavy atom. The standard InChI is InChI=1S/C13H16N2O2/c1-16-10-3-4-11(12(7-10)17-2)15-9-13(8-14)5-6-13/h3-4,7,15H,5-6,9H2,1-2H3. The molecule has 0 aromatic heterocycles. The number of nitrogens with one attached hydrogen (secondary N) is 1. The van der Waals surface area contributed by atoms with Crippen LogP contribution < -0.4 is 14.8 Å². The van der Waals surface area contributed by atoms with Gasteiger partial charge in [0.05, 0.1) is 31.4 Å². The van der Waals surface area contributed by atoms with Gasteiger partial charge in [0.1, 0.15) is 11.5 Å². The number of benzene rings is 1. The first kappa shape index (κ1) is 11.6. The van der Waals surface area contributed by atoms with E-state index in [1.165, 1.54) is 0 Å². The highest BCUT2D eigenvalue weighted by atomic mass is 16.5. The Kier molecular flexibility index (Phi) is 3.10. The van der Waals surface area contributed by atoms with Gasteiger partial charge in [-0.2, -0.15) is 5.26 Å². The third-order valence-electron chi connectivity index (χ3n) is 3.12. The molecule has 0 heterocycles. The number of rotatable bonds is 5. The van der Waals surface area contributed by atoms with E-state index in [-0.39, 0.29) is 5.41 Å². The van der Waals surface area contributed by atoms with Crippen LogP contribution in [-0.2, 0) is 0 Å². The zero-order chi connectivity index (χ0) is 12.3. The van der Waals surface area contributed by atoms with Crippen LogP contribution in [-0.4, -0.2) is 20.8 Å². The van der Waals surface area contributed by atoms with Crippen molar-refractivity contribution in [3.63, 3.8) is 0 Å². The van der Waals surface area contributed by atoms with Gasteiger partial charge in [0.2, 0.25) is 0 Å². The fourth-order valence-electron chi connectivity index (χ4n) is 1.69. The van der Waals surface area contributed by atoms with Crippen LogP contribution in [0.5, 0.6) is 11.5 Å². The van der Waals surface area contributed by atoms with Crippen molar-refractivity contribution in [1.29, 1.82) is 5.26 Å². The highest BCUT2D eigenvalue weighted by molar-refractivity contribution is 5.59. The van der Waals surface area contributed by atoms with Crippen LogP contribution in [0.2, 0.25) is 0 Å². The Hall–Kier alpha value is -1.89. The van der Waals surface area contributed by atoms with Gasteiger partial charge >= 0.3 is 0 Å². The van der Waals surface area contributed by atoms with Gasteiger partial charge in [-0.15, -0.1) is 0 Å².